The lowest BCUT2D eigenvalue weighted by molar-refractivity contribution is 0.0852. The highest BCUT2D eigenvalue weighted by molar-refractivity contribution is 7.89. The van der Waals surface area contributed by atoms with Gasteiger partial charge < -0.3 is 0 Å². The number of hydrogen-bond donors (Lipinski definition) is 1. The number of sulfonamides is 2. The average molecular weight is 643 g/mol. The first-order valence-electron chi connectivity index (χ1n) is 15.7. The first-order valence-corrected chi connectivity index (χ1v) is 18.7. The second-order valence-corrected chi connectivity index (χ2v) is 18.6. The van der Waals surface area contributed by atoms with Crippen LogP contribution in [0.3, 0.4) is 0 Å². The highest BCUT2D eigenvalue weighted by Gasteiger charge is 2.43. The first-order chi connectivity index (χ1) is 20.3. The van der Waals surface area contributed by atoms with Crippen molar-refractivity contribution in [2.75, 3.05) is 0 Å². The van der Waals surface area contributed by atoms with E-state index in [2.05, 4.69) is 41.5 Å². The minimum atomic E-state index is -4.11. The van der Waals surface area contributed by atoms with Crippen LogP contribution in [-0.4, -0.2) is 44.8 Å². The van der Waals surface area contributed by atoms with Crippen molar-refractivity contribution in [3.63, 3.8) is 0 Å². The standard InChI is InChI=1S/C34H46N2O6S2/c1-33(2,3)21-7-11-23(12-8-21)36(24-13-9-22(10-14-24)34(4,5)6)44(41,42)26-16-18-28-30(20-26)32(38)29-19-25(43(35,39)40)15-17-27(29)31(28)37/h15-24H,7-14H2,1-6H3,(H2,35,39,40). The van der Waals surface area contributed by atoms with Crippen molar-refractivity contribution < 1.29 is 26.4 Å². The molecule has 2 N–H and O–H groups in total. The number of carbonyl (C=O) groups excluding carboxylic acids is 2. The molecule has 240 valence electrons. The van der Waals surface area contributed by atoms with Gasteiger partial charge in [0.1, 0.15) is 0 Å². The fourth-order valence-corrected chi connectivity index (χ4v) is 10.1. The SMILES string of the molecule is CC(C)(C)C1CCC(N(C2CCC(C(C)(C)C)CC2)S(=O)(=O)c2ccc3c(c2)C(=O)c2cc(S(N)(=O)=O)ccc2C3=O)CC1. The van der Waals surface area contributed by atoms with E-state index in [1.54, 1.807) is 4.31 Å². The molecule has 0 aromatic heterocycles. The Hall–Kier alpha value is -2.40. The van der Waals surface area contributed by atoms with E-state index >= 15 is 0 Å². The molecule has 2 saturated carbocycles. The number of fused-ring (bicyclic) bond motifs is 2. The summed E-state index contributed by atoms with van der Waals surface area (Å²) in [7, 11) is -8.15. The molecule has 0 heterocycles. The molecule has 0 spiro atoms. The van der Waals surface area contributed by atoms with Gasteiger partial charge in [0, 0.05) is 34.3 Å². The first kappa shape index (κ1) is 33.0. The number of nitrogens with zero attached hydrogens (tertiary/aromatic N) is 1. The Morgan fingerprint density at radius 3 is 1.34 bits per heavy atom. The van der Waals surface area contributed by atoms with Crippen LogP contribution in [0.25, 0.3) is 0 Å². The van der Waals surface area contributed by atoms with E-state index in [1.165, 1.54) is 30.3 Å². The topological polar surface area (TPSA) is 132 Å². The minimum Gasteiger partial charge on any atom is -0.289 e. The van der Waals surface area contributed by atoms with Gasteiger partial charge in [-0.2, -0.15) is 4.31 Å². The third kappa shape index (κ3) is 6.19. The summed E-state index contributed by atoms with van der Waals surface area (Å²) >= 11 is 0. The zero-order valence-corrected chi connectivity index (χ0v) is 28.4. The van der Waals surface area contributed by atoms with Gasteiger partial charge in [0.15, 0.2) is 11.6 Å². The van der Waals surface area contributed by atoms with Gasteiger partial charge in [0.2, 0.25) is 20.0 Å². The van der Waals surface area contributed by atoms with E-state index in [9.17, 15) is 26.4 Å². The van der Waals surface area contributed by atoms with Gasteiger partial charge in [0.25, 0.3) is 0 Å². The molecule has 3 aliphatic rings. The molecule has 2 aromatic rings. The summed E-state index contributed by atoms with van der Waals surface area (Å²) in [5.74, 6) is -0.0124. The van der Waals surface area contributed by atoms with Crippen LogP contribution in [0.2, 0.25) is 0 Å². The maximum Gasteiger partial charge on any atom is 0.243 e. The molecule has 3 aliphatic carbocycles. The van der Waals surface area contributed by atoms with E-state index in [4.69, 9.17) is 5.14 Å². The molecule has 8 nitrogen and oxygen atoms in total. The number of nitrogens with two attached hydrogens (primary N) is 1. The van der Waals surface area contributed by atoms with Crippen molar-refractivity contribution in [1.29, 1.82) is 0 Å². The van der Waals surface area contributed by atoms with Crippen LogP contribution in [0.15, 0.2) is 46.2 Å². The molecule has 0 atom stereocenters. The lowest BCUT2D eigenvalue weighted by Gasteiger charge is -2.46. The Bertz CT molecular complexity index is 1650. The number of primary sulfonamides is 1. The van der Waals surface area contributed by atoms with Gasteiger partial charge in [0.05, 0.1) is 9.79 Å². The Morgan fingerprint density at radius 2 is 0.955 bits per heavy atom. The fraction of sp³-hybridized carbons (Fsp3) is 0.588. The molecule has 0 radical (unpaired) electrons. The van der Waals surface area contributed by atoms with Crippen molar-refractivity contribution in [2.45, 2.75) is 115 Å². The number of rotatable bonds is 5. The molecule has 0 saturated heterocycles. The van der Waals surface area contributed by atoms with Crippen molar-refractivity contribution in [3.05, 3.63) is 58.7 Å². The number of hydrogen-bond acceptors (Lipinski definition) is 6. The number of ketones is 2. The fourth-order valence-electron chi connectivity index (χ4n) is 7.65. The molecule has 44 heavy (non-hydrogen) atoms. The third-order valence-corrected chi connectivity index (χ3v) is 13.3. The van der Waals surface area contributed by atoms with Gasteiger partial charge in [-0.05, 0) is 110 Å². The summed E-state index contributed by atoms with van der Waals surface area (Å²) in [4.78, 5) is 26.7. The van der Waals surface area contributed by atoms with Crippen LogP contribution >= 0.6 is 0 Å². The van der Waals surface area contributed by atoms with Crippen molar-refractivity contribution >= 4 is 31.6 Å². The third-order valence-electron chi connectivity index (χ3n) is 10.4. The van der Waals surface area contributed by atoms with Crippen molar-refractivity contribution in [1.82, 2.24) is 4.31 Å². The minimum absolute atomic E-state index is 0.0145. The predicted molar refractivity (Wildman–Crippen MR) is 171 cm³/mol. The van der Waals surface area contributed by atoms with Gasteiger partial charge in [-0.25, -0.2) is 22.0 Å². The van der Waals surface area contributed by atoms with Gasteiger partial charge in [-0.1, -0.05) is 41.5 Å². The van der Waals surface area contributed by atoms with Crippen LogP contribution in [0.4, 0.5) is 0 Å². The highest BCUT2D eigenvalue weighted by atomic mass is 32.2. The Balaban J connectivity index is 1.52. The predicted octanol–water partition coefficient (Wildman–Crippen LogP) is 6.31. The Kier molecular flexibility index (Phi) is 8.57. The van der Waals surface area contributed by atoms with Crippen LogP contribution in [0.5, 0.6) is 0 Å². The summed E-state index contributed by atoms with van der Waals surface area (Å²) < 4.78 is 54.9. The van der Waals surface area contributed by atoms with E-state index in [0.717, 1.165) is 57.4 Å². The molecule has 0 aliphatic heterocycles. The highest BCUT2D eigenvalue weighted by Crippen LogP contribution is 2.45. The lowest BCUT2D eigenvalue weighted by atomic mass is 9.70. The van der Waals surface area contributed by atoms with Crippen LogP contribution in [0.1, 0.15) is 125 Å². The second-order valence-electron chi connectivity index (χ2n) is 15.2. The maximum absolute atomic E-state index is 14.6. The lowest BCUT2D eigenvalue weighted by Crippen LogP contribution is -2.50. The second kappa shape index (κ2) is 11.4. The van der Waals surface area contributed by atoms with E-state index in [1.807, 2.05) is 0 Å². The molecule has 0 unspecified atom stereocenters. The molecule has 0 amide bonds. The molecule has 2 aromatic carbocycles. The van der Waals surface area contributed by atoms with Crippen LogP contribution in [-0.2, 0) is 20.0 Å². The zero-order chi connectivity index (χ0) is 32.4. The molecular formula is C34H46N2O6S2. The monoisotopic (exact) mass is 642 g/mol. The van der Waals surface area contributed by atoms with Crippen molar-refractivity contribution in [3.8, 4) is 0 Å². The summed E-state index contributed by atoms with van der Waals surface area (Å²) in [6, 6.07) is 7.48. The van der Waals surface area contributed by atoms with E-state index in [0.29, 0.717) is 11.8 Å². The largest absolute Gasteiger partial charge is 0.289 e. The summed E-state index contributed by atoms with van der Waals surface area (Å²) in [6.07, 6.45) is 6.96. The Morgan fingerprint density at radius 1 is 0.591 bits per heavy atom. The van der Waals surface area contributed by atoms with Gasteiger partial charge in [-0.3, -0.25) is 9.59 Å². The number of benzene rings is 2. The van der Waals surface area contributed by atoms with Gasteiger partial charge >= 0.3 is 0 Å². The summed E-state index contributed by atoms with van der Waals surface area (Å²) in [6.45, 7) is 13.5. The van der Waals surface area contributed by atoms with Crippen molar-refractivity contribution in [2.24, 2.45) is 27.8 Å². The van der Waals surface area contributed by atoms with Gasteiger partial charge in [-0.15, -0.1) is 0 Å². The Labute approximate surface area is 262 Å². The van der Waals surface area contributed by atoms with E-state index < -0.39 is 31.6 Å². The van der Waals surface area contributed by atoms with Crippen LogP contribution in [0, 0.1) is 22.7 Å². The maximum atomic E-state index is 14.6. The van der Waals surface area contributed by atoms with E-state index in [-0.39, 0.29) is 55.0 Å². The molecule has 2 fully saturated rings. The molecule has 5 rings (SSSR count). The average Bonchev–Trinajstić information content (AvgIpc) is 2.94. The quantitative estimate of drug-likeness (QED) is 0.347. The molecule has 10 heteroatoms. The smallest absolute Gasteiger partial charge is 0.243 e. The molecular weight excluding hydrogens is 597 g/mol. The zero-order valence-electron chi connectivity index (χ0n) is 26.7. The van der Waals surface area contributed by atoms with Crippen LogP contribution < -0.4 is 5.14 Å². The normalized spacial score (nSPS) is 25.1. The summed E-state index contributed by atoms with van der Waals surface area (Å²) in [5.41, 5.74) is 0.351. The molecule has 0 bridgehead atoms. The summed E-state index contributed by atoms with van der Waals surface area (Å²) in [5, 5.41) is 5.28. The number of carbonyl (C=O) groups is 2.